The van der Waals surface area contributed by atoms with Crippen molar-refractivity contribution in [2.24, 2.45) is 0 Å². The quantitative estimate of drug-likeness (QED) is 0.820. The number of nitrogens with one attached hydrogen (secondary N) is 1. The summed E-state index contributed by atoms with van der Waals surface area (Å²) in [6.45, 7) is 7.39. The summed E-state index contributed by atoms with van der Waals surface area (Å²) in [5.74, 6) is 0.525. The molecule has 2 amide bonds. The number of carbonyl (C=O) groups excluding carboxylic acids is 1. The minimum absolute atomic E-state index is 0.0260. The first-order valence-electron chi connectivity index (χ1n) is 9.30. The van der Waals surface area contributed by atoms with Crippen LogP contribution in [-0.4, -0.2) is 35.2 Å². The summed E-state index contributed by atoms with van der Waals surface area (Å²) in [4.78, 5) is 14.7. The third kappa shape index (κ3) is 4.97. The van der Waals surface area contributed by atoms with Crippen LogP contribution in [0.3, 0.4) is 0 Å². The largest absolute Gasteiger partial charge is 0.396 e. The van der Waals surface area contributed by atoms with Crippen LogP contribution in [-0.2, 0) is 0 Å². The molecule has 1 aliphatic heterocycles. The second kappa shape index (κ2) is 9.07. The number of nitrogens with zero attached hydrogens (tertiary/aromatic N) is 1. The van der Waals surface area contributed by atoms with E-state index < -0.39 is 0 Å². The normalized spacial score (nSPS) is 19.4. The lowest BCUT2D eigenvalue weighted by atomic mass is 9.93. The van der Waals surface area contributed by atoms with E-state index in [9.17, 15) is 4.79 Å². The summed E-state index contributed by atoms with van der Waals surface area (Å²) in [6, 6.07) is 9.03. The molecule has 4 heteroatoms. The molecule has 1 aliphatic rings. The lowest BCUT2D eigenvalue weighted by molar-refractivity contribution is 0.148. The van der Waals surface area contributed by atoms with Gasteiger partial charge in [-0.1, -0.05) is 38.1 Å². The number of urea groups is 1. The number of aliphatic hydroxyl groups is 1. The standard InChI is InChI=1S/C20H32N2O2/c1-15(2)17-9-11-18(12-10-17)19-8-4-5-13-22(19)20(24)21-16(3)7-6-14-23/h9-12,15-16,19,23H,4-8,13-14H2,1-3H3,(H,21,24). The molecule has 24 heavy (non-hydrogen) atoms. The molecule has 0 aromatic heterocycles. The first-order chi connectivity index (χ1) is 11.5. The van der Waals surface area contributed by atoms with Crippen molar-refractivity contribution in [3.63, 3.8) is 0 Å². The Balaban J connectivity index is 2.05. The summed E-state index contributed by atoms with van der Waals surface area (Å²) in [6.07, 6.45) is 4.80. The van der Waals surface area contributed by atoms with E-state index in [2.05, 4.69) is 43.4 Å². The van der Waals surface area contributed by atoms with Gasteiger partial charge in [0, 0.05) is 19.2 Å². The van der Waals surface area contributed by atoms with E-state index in [1.807, 2.05) is 11.8 Å². The number of amides is 2. The van der Waals surface area contributed by atoms with Crippen LogP contribution >= 0.6 is 0 Å². The van der Waals surface area contributed by atoms with Crippen molar-refractivity contribution in [3.8, 4) is 0 Å². The number of rotatable bonds is 6. The van der Waals surface area contributed by atoms with Crippen molar-refractivity contribution in [1.82, 2.24) is 10.2 Å². The van der Waals surface area contributed by atoms with Crippen molar-refractivity contribution in [3.05, 3.63) is 35.4 Å². The minimum atomic E-state index is 0.0260. The van der Waals surface area contributed by atoms with Gasteiger partial charge in [0.15, 0.2) is 0 Å². The highest BCUT2D eigenvalue weighted by Gasteiger charge is 2.28. The number of hydrogen-bond acceptors (Lipinski definition) is 2. The smallest absolute Gasteiger partial charge is 0.318 e. The van der Waals surface area contributed by atoms with Crippen LogP contribution in [0, 0.1) is 0 Å². The number of likely N-dealkylation sites (tertiary alicyclic amines) is 1. The van der Waals surface area contributed by atoms with Crippen LogP contribution in [0.1, 0.15) is 76.0 Å². The van der Waals surface area contributed by atoms with Crippen LogP contribution in [0.2, 0.25) is 0 Å². The van der Waals surface area contributed by atoms with Gasteiger partial charge in [-0.25, -0.2) is 4.79 Å². The lowest BCUT2D eigenvalue weighted by Gasteiger charge is -2.37. The highest BCUT2D eigenvalue weighted by Crippen LogP contribution is 2.31. The predicted octanol–water partition coefficient (Wildman–Crippen LogP) is 4.21. The second-order valence-electron chi connectivity index (χ2n) is 7.24. The number of carbonyl (C=O) groups is 1. The molecular formula is C20H32N2O2. The molecule has 1 fully saturated rings. The van der Waals surface area contributed by atoms with Crippen molar-refractivity contribution in [2.75, 3.05) is 13.2 Å². The summed E-state index contributed by atoms with van der Waals surface area (Å²) in [5, 5.41) is 12.0. The molecule has 1 aromatic carbocycles. The Morgan fingerprint density at radius 1 is 1.25 bits per heavy atom. The first-order valence-corrected chi connectivity index (χ1v) is 9.30. The molecule has 2 rings (SSSR count). The summed E-state index contributed by atoms with van der Waals surface area (Å²) in [7, 11) is 0. The van der Waals surface area contributed by atoms with Crippen LogP contribution in [0.15, 0.2) is 24.3 Å². The van der Waals surface area contributed by atoms with Crippen molar-refractivity contribution >= 4 is 6.03 Å². The van der Waals surface area contributed by atoms with E-state index in [1.54, 1.807) is 0 Å². The topological polar surface area (TPSA) is 52.6 Å². The second-order valence-corrected chi connectivity index (χ2v) is 7.24. The Morgan fingerprint density at radius 2 is 1.96 bits per heavy atom. The van der Waals surface area contributed by atoms with E-state index in [4.69, 9.17) is 5.11 Å². The Bertz CT molecular complexity index is 513. The molecule has 1 saturated heterocycles. The maximum absolute atomic E-state index is 12.7. The predicted molar refractivity (Wildman–Crippen MR) is 98.1 cm³/mol. The molecule has 0 spiro atoms. The Labute approximate surface area is 146 Å². The fraction of sp³-hybridized carbons (Fsp3) is 0.650. The van der Waals surface area contributed by atoms with E-state index in [0.29, 0.717) is 5.92 Å². The number of piperidine rings is 1. The fourth-order valence-electron chi connectivity index (χ4n) is 3.39. The zero-order valence-corrected chi connectivity index (χ0v) is 15.3. The molecule has 4 nitrogen and oxygen atoms in total. The Morgan fingerprint density at radius 3 is 2.58 bits per heavy atom. The number of aliphatic hydroxyl groups excluding tert-OH is 1. The van der Waals surface area contributed by atoms with Gasteiger partial charge in [-0.05, 0) is 56.1 Å². The number of hydrogen-bond donors (Lipinski definition) is 2. The van der Waals surface area contributed by atoms with Crippen LogP contribution in [0.4, 0.5) is 4.79 Å². The van der Waals surface area contributed by atoms with E-state index in [0.717, 1.165) is 32.2 Å². The van der Waals surface area contributed by atoms with E-state index in [-0.39, 0.29) is 24.7 Å². The van der Waals surface area contributed by atoms with Crippen molar-refractivity contribution in [2.45, 2.75) is 70.9 Å². The SMILES string of the molecule is CC(CCCO)NC(=O)N1CCCCC1c1ccc(C(C)C)cc1. The van der Waals surface area contributed by atoms with E-state index >= 15 is 0 Å². The highest BCUT2D eigenvalue weighted by molar-refractivity contribution is 5.75. The molecular weight excluding hydrogens is 300 g/mol. The summed E-state index contributed by atoms with van der Waals surface area (Å²) in [5.41, 5.74) is 2.57. The first kappa shape index (κ1) is 18.8. The third-order valence-corrected chi connectivity index (χ3v) is 4.92. The molecule has 0 radical (unpaired) electrons. The summed E-state index contributed by atoms with van der Waals surface area (Å²) < 4.78 is 0. The maximum atomic E-state index is 12.7. The fourth-order valence-corrected chi connectivity index (χ4v) is 3.39. The van der Waals surface area contributed by atoms with Gasteiger partial charge in [-0.2, -0.15) is 0 Å². The molecule has 2 unspecified atom stereocenters. The van der Waals surface area contributed by atoms with Gasteiger partial charge >= 0.3 is 6.03 Å². The van der Waals surface area contributed by atoms with Crippen molar-refractivity contribution in [1.29, 1.82) is 0 Å². The highest BCUT2D eigenvalue weighted by atomic mass is 16.3. The van der Waals surface area contributed by atoms with Crippen LogP contribution in [0.25, 0.3) is 0 Å². The van der Waals surface area contributed by atoms with Gasteiger partial charge in [0.1, 0.15) is 0 Å². The van der Waals surface area contributed by atoms with Gasteiger partial charge in [0.05, 0.1) is 6.04 Å². The molecule has 2 atom stereocenters. The summed E-state index contributed by atoms with van der Waals surface area (Å²) >= 11 is 0. The van der Waals surface area contributed by atoms with E-state index in [1.165, 1.54) is 17.5 Å². The molecule has 0 saturated carbocycles. The third-order valence-electron chi connectivity index (χ3n) is 4.92. The monoisotopic (exact) mass is 332 g/mol. The Hall–Kier alpha value is -1.55. The van der Waals surface area contributed by atoms with Gasteiger partial charge in [-0.3, -0.25) is 0 Å². The van der Waals surface area contributed by atoms with Crippen molar-refractivity contribution < 1.29 is 9.90 Å². The molecule has 0 bridgehead atoms. The Kier molecular flexibility index (Phi) is 7.10. The molecule has 1 aromatic rings. The zero-order valence-electron chi connectivity index (χ0n) is 15.3. The zero-order chi connectivity index (χ0) is 17.5. The van der Waals surface area contributed by atoms with Gasteiger partial charge in [0.25, 0.3) is 0 Å². The minimum Gasteiger partial charge on any atom is -0.396 e. The van der Waals surface area contributed by atoms with Gasteiger partial charge in [0.2, 0.25) is 0 Å². The average molecular weight is 332 g/mol. The molecule has 0 aliphatic carbocycles. The molecule has 2 N–H and O–H groups in total. The van der Waals surface area contributed by atoms with Crippen LogP contribution < -0.4 is 5.32 Å². The number of benzene rings is 1. The van der Waals surface area contributed by atoms with Crippen LogP contribution in [0.5, 0.6) is 0 Å². The van der Waals surface area contributed by atoms with Gasteiger partial charge < -0.3 is 15.3 Å². The maximum Gasteiger partial charge on any atom is 0.318 e. The molecule has 1 heterocycles. The van der Waals surface area contributed by atoms with Gasteiger partial charge in [-0.15, -0.1) is 0 Å². The average Bonchev–Trinajstić information content (AvgIpc) is 2.60. The molecule has 134 valence electrons. The lowest BCUT2D eigenvalue weighted by Crippen LogP contribution is -2.47.